The van der Waals surface area contributed by atoms with E-state index < -0.39 is 0 Å². The Bertz CT molecular complexity index is 363. The van der Waals surface area contributed by atoms with Crippen LogP contribution in [0.15, 0.2) is 12.1 Å². The first-order valence-corrected chi connectivity index (χ1v) is 6.15. The van der Waals surface area contributed by atoms with Crippen molar-refractivity contribution in [2.75, 3.05) is 0 Å². The first-order valence-electron chi connectivity index (χ1n) is 6.15. The molecule has 0 aromatic heterocycles. The monoisotopic (exact) mass is 255 g/mol. The lowest BCUT2D eigenvalue weighted by Gasteiger charge is -2.23. The van der Waals surface area contributed by atoms with E-state index in [1.807, 2.05) is 26.0 Å². The van der Waals surface area contributed by atoms with Crippen molar-refractivity contribution in [3.8, 4) is 5.75 Å². The third kappa shape index (κ3) is 2.93. The summed E-state index contributed by atoms with van der Waals surface area (Å²) < 4.78 is 0. The van der Waals surface area contributed by atoms with E-state index in [-0.39, 0.29) is 18.4 Å². The van der Waals surface area contributed by atoms with Gasteiger partial charge in [0, 0.05) is 6.04 Å². The van der Waals surface area contributed by atoms with Gasteiger partial charge in [0.25, 0.3) is 0 Å². The predicted octanol–water partition coefficient (Wildman–Crippen LogP) is 3.62. The summed E-state index contributed by atoms with van der Waals surface area (Å²) in [6.45, 7) is 4.08. The number of phenolic OH excluding ortho intramolecular Hbond substituents is 1. The van der Waals surface area contributed by atoms with E-state index in [1.54, 1.807) is 0 Å². The molecule has 0 spiro atoms. The second-order valence-corrected chi connectivity index (χ2v) is 5.06. The second-order valence-electron chi connectivity index (χ2n) is 5.06. The zero-order chi connectivity index (χ0) is 11.7. The van der Waals surface area contributed by atoms with Gasteiger partial charge in [-0.05, 0) is 61.4 Å². The highest BCUT2D eigenvalue weighted by Crippen LogP contribution is 2.37. The van der Waals surface area contributed by atoms with Gasteiger partial charge >= 0.3 is 0 Å². The zero-order valence-corrected chi connectivity index (χ0v) is 11.4. The van der Waals surface area contributed by atoms with Crippen molar-refractivity contribution >= 4 is 12.4 Å². The predicted molar refractivity (Wildman–Crippen MR) is 73.7 cm³/mol. The van der Waals surface area contributed by atoms with Crippen LogP contribution in [0.5, 0.6) is 5.75 Å². The molecule has 3 N–H and O–H groups in total. The lowest BCUT2D eigenvalue weighted by molar-refractivity contribution is 0.439. The molecule has 0 amide bonds. The van der Waals surface area contributed by atoms with Crippen LogP contribution in [0.4, 0.5) is 0 Å². The van der Waals surface area contributed by atoms with Crippen LogP contribution in [0, 0.1) is 19.8 Å². The molecule has 1 aliphatic rings. The summed E-state index contributed by atoms with van der Waals surface area (Å²) in [5, 5.41) is 9.52. The molecule has 1 aromatic carbocycles. The highest BCUT2D eigenvalue weighted by molar-refractivity contribution is 5.85. The molecule has 2 nitrogen and oxygen atoms in total. The van der Waals surface area contributed by atoms with Crippen LogP contribution in [0.25, 0.3) is 0 Å². The maximum absolute atomic E-state index is 9.52. The molecule has 0 saturated heterocycles. The second kappa shape index (κ2) is 5.74. The summed E-state index contributed by atoms with van der Waals surface area (Å²) in [5.74, 6) is 0.972. The minimum absolute atomic E-state index is 0. The fourth-order valence-electron chi connectivity index (χ4n) is 3.03. The van der Waals surface area contributed by atoms with Gasteiger partial charge < -0.3 is 10.8 Å². The van der Waals surface area contributed by atoms with Crippen LogP contribution in [0.2, 0.25) is 0 Å². The lowest BCUT2D eigenvalue weighted by atomic mass is 9.87. The summed E-state index contributed by atoms with van der Waals surface area (Å²) in [5.41, 5.74) is 9.86. The van der Waals surface area contributed by atoms with Gasteiger partial charge in [0.15, 0.2) is 0 Å². The van der Waals surface area contributed by atoms with Gasteiger partial charge in [-0.15, -0.1) is 12.4 Å². The largest absolute Gasteiger partial charge is 0.508 e. The maximum atomic E-state index is 9.52. The standard InChI is InChI=1S/C14H21NO.ClH/c1-9-7-12(16)8-10(2)13(9)14(15)11-5-3-4-6-11;/h7-8,11,14,16H,3-6,15H2,1-2H3;1H/t14-;/m1./s1. The molecule has 3 heteroatoms. The van der Waals surface area contributed by atoms with Crippen molar-refractivity contribution < 1.29 is 5.11 Å². The van der Waals surface area contributed by atoms with Gasteiger partial charge in [-0.3, -0.25) is 0 Å². The Morgan fingerprint density at radius 3 is 2.12 bits per heavy atom. The number of benzene rings is 1. The third-order valence-electron chi connectivity index (χ3n) is 3.82. The summed E-state index contributed by atoms with van der Waals surface area (Å²) in [6.07, 6.45) is 5.13. The molecule has 1 atom stereocenters. The van der Waals surface area contributed by atoms with Crippen LogP contribution in [-0.4, -0.2) is 5.11 Å². The van der Waals surface area contributed by atoms with Crippen molar-refractivity contribution in [2.24, 2.45) is 11.7 Å². The van der Waals surface area contributed by atoms with Gasteiger partial charge in [-0.25, -0.2) is 0 Å². The Morgan fingerprint density at radius 1 is 1.18 bits per heavy atom. The van der Waals surface area contributed by atoms with E-state index >= 15 is 0 Å². The lowest BCUT2D eigenvalue weighted by Crippen LogP contribution is -2.21. The normalized spacial score (nSPS) is 17.8. The van der Waals surface area contributed by atoms with Gasteiger partial charge in [-0.2, -0.15) is 0 Å². The first-order chi connectivity index (χ1) is 7.59. The average Bonchev–Trinajstić information content (AvgIpc) is 2.67. The maximum Gasteiger partial charge on any atom is 0.116 e. The smallest absolute Gasteiger partial charge is 0.116 e. The summed E-state index contributed by atoms with van der Waals surface area (Å²) in [4.78, 5) is 0. The molecule has 0 heterocycles. The molecule has 0 aliphatic heterocycles. The van der Waals surface area contributed by atoms with Gasteiger partial charge in [-0.1, -0.05) is 12.8 Å². The Kier molecular flexibility index (Phi) is 4.84. The van der Waals surface area contributed by atoms with Gasteiger partial charge in [0.2, 0.25) is 0 Å². The van der Waals surface area contributed by atoms with Crippen molar-refractivity contribution in [1.29, 1.82) is 0 Å². The number of hydrogen-bond acceptors (Lipinski definition) is 2. The quantitative estimate of drug-likeness (QED) is 0.848. The number of hydrogen-bond donors (Lipinski definition) is 2. The van der Waals surface area contributed by atoms with Crippen LogP contribution in [0.3, 0.4) is 0 Å². The van der Waals surface area contributed by atoms with E-state index in [0.717, 1.165) is 11.1 Å². The molecule has 1 aliphatic carbocycles. The number of phenols is 1. The molecule has 0 radical (unpaired) electrons. The number of halogens is 1. The average molecular weight is 256 g/mol. The van der Waals surface area contributed by atoms with E-state index in [2.05, 4.69) is 0 Å². The van der Waals surface area contributed by atoms with Crippen molar-refractivity contribution in [2.45, 2.75) is 45.6 Å². The number of aromatic hydroxyl groups is 1. The molecule has 1 saturated carbocycles. The third-order valence-corrected chi connectivity index (χ3v) is 3.82. The van der Waals surface area contributed by atoms with Crippen LogP contribution >= 0.6 is 12.4 Å². The number of nitrogens with two attached hydrogens (primary N) is 1. The molecule has 2 rings (SSSR count). The highest BCUT2D eigenvalue weighted by Gasteiger charge is 2.25. The minimum atomic E-state index is 0. The first kappa shape index (κ1) is 14.3. The zero-order valence-electron chi connectivity index (χ0n) is 10.6. The van der Waals surface area contributed by atoms with Crippen molar-refractivity contribution in [3.05, 3.63) is 28.8 Å². The SMILES string of the molecule is Cc1cc(O)cc(C)c1[C@H](N)C1CCCC1.Cl. The molecule has 1 aromatic rings. The Hall–Kier alpha value is -0.730. The van der Waals surface area contributed by atoms with Crippen molar-refractivity contribution in [1.82, 2.24) is 0 Å². The van der Waals surface area contributed by atoms with Crippen LogP contribution in [-0.2, 0) is 0 Å². The van der Waals surface area contributed by atoms with Gasteiger partial charge in [0.1, 0.15) is 5.75 Å². The fourth-order valence-corrected chi connectivity index (χ4v) is 3.03. The molecule has 17 heavy (non-hydrogen) atoms. The highest BCUT2D eigenvalue weighted by atomic mass is 35.5. The Labute approximate surface area is 110 Å². The molecule has 0 bridgehead atoms. The van der Waals surface area contributed by atoms with Crippen LogP contribution in [0.1, 0.15) is 48.4 Å². The van der Waals surface area contributed by atoms with Gasteiger partial charge in [0.05, 0.1) is 0 Å². The molecular formula is C14H22ClNO. The topological polar surface area (TPSA) is 46.2 Å². The molecular weight excluding hydrogens is 234 g/mol. The number of rotatable bonds is 2. The van der Waals surface area contributed by atoms with E-state index in [9.17, 15) is 5.11 Å². The van der Waals surface area contributed by atoms with Crippen LogP contribution < -0.4 is 5.73 Å². The van der Waals surface area contributed by atoms with E-state index in [4.69, 9.17) is 5.73 Å². The van der Waals surface area contributed by atoms with E-state index in [1.165, 1.54) is 31.2 Å². The van der Waals surface area contributed by atoms with E-state index in [0.29, 0.717) is 11.7 Å². The molecule has 96 valence electrons. The number of aryl methyl sites for hydroxylation is 2. The summed E-state index contributed by atoms with van der Waals surface area (Å²) >= 11 is 0. The Morgan fingerprint density at radius 2 is 1.65 bits per heavy atom. The minimum Gasteiger partial charge on any atom is -0.508 e. The summed E-state index contributed by atoms with van der Waals surface area (Å²) in [7, 11) is 0. The fraction of sp³-hybridized carbons (Fsp3) is 0.571. The molecule has 1 fully saturated rings. The Balaban J connectivity index is 0.00000144. The van der Waals surface area contributed by atoms with Crippen molar-refractivity contribution in [3.63, 3.8) is 0 Å². The molecule has 0 unspecified atom stereocenters. The summed E-state index contributed by atoms with van der Waals surface area (Å²) in [6, 6.07) is 3.77.